The van der Waals surface area contributed by atoms with Gasteiger partial charge in [-0.05, 0) is 24.6 Å². The fraction of sp³-hybridized carbons (Fsp3) is 0.273. The number of nitrogens with one attached hydrogen (secondary N) is 1. The molecule has 1 heterocycles. The third-order valence-electron chi connectivity index (χ3n) is 2.52. The number of hydrogen-bond acceptors (Lipinski definition) is 2. The van der Waals surface area contributed by atoms with E-state index >= 15 is 0 Å². The highest BCUT2D eigenvalue weighted by molar-refractivity contribution is 6.31. The first-order chi connectivity index (χ1) is 7.58. The highest BCUT2D eigenvalue weighted by atomic mass is 35.5. The van der Waals surface area contributed by atoms with Gasteiger partial charge in [0.05, 0.1) is 0 Å². The fourth-order valence-electron chi connectivity index (χ4n) is 1.67. The van der Waals surface area contributed by atoms with Gasteiger partial charge in [0, 0.05) is 23.7 Å². The Bertz CT molecular complexity index is 459. The van der Waals surface area contributed by atoms with Gasteiger partial charge in [-0.1, -0.05) is 17.7 Å². The normalized spacial score (nSPS) is 16.2. The summed E-state index contributed by atoms with van der Waals surface area (Å²) >= 11 is 5.89. The first-order valence-corrected chi connectivity index (χ1v) is 5.33. The molecule has 4 nitrogen and oxygen atoms in total. The molecule has 3 amide bonds. The number of anilines is 1. The molecule has 1 saturated heterocycles. The van der Waals surface area contributed by atoms with Gasteiger partial charge in [0.1, 0.15) is 0 Å². The van der Waals surface area contributed by atoms with Crippen LogP contribution in [0.4, 0.5) is 10.5 Å². The van der Waals surface area contributed by atoms with Crippen molar-refractivity contribution in [2.45, 2.75) is 13.3 Å². The molecule has 0 aliphatic carbocycles. The second-order valence-electron chi connectivity index (χ2n) is 3.69. The summed E-state index contributed by atoms with van der Waals surface area (Å²) in [6.07, 6.45) is 0.317. The Balaban J connectivity index is 2.33. The van der Waals surface area contributed by atoms with Gasteiger partial charge in [-0.15, -0.1) is 0 Å². The molecule has 16 heavy (non-hydrogen) atoms. The maximum absolute atomic E-state index is 11.6. The molecule has 1 N–H and O–H groups in total. The van der Waals surface area contributed by atoms with Crippen molar-refractivity contribution in [1.82, 2.24) is 5.32 Å². The summed E-state index contributed by atoms with van der Waals surface area (Å²) in [6.45, 7) is 2.29. The summed E-state index contributed by atoms with van der Waals surface area (Å²) in [4.78, 5) is 24.2. The van der Waals surface area contributed by atoms with E-state index in [0.717, 1.165) is 11.3 Å². The van der Waals surface area contributed by atoms with Gasteiger partial charge >= 0.3 is 6.03 Å². The second kappa shape index (κ2) is 4.14. The molecule has 0 spiro atoms. The van der Waals surface area contributed by atoms with Gasteiger partial charge in [0.15, 0.2) is 0 Å². The van der Waals surface area contributed by atoms with Crippen molar-refractivity contribution in [3.8, 4) is 0 Å². The minimum atomic E-state index is -0.387. The SMILES string of the molecule is Cc1ccc(Cl)cc1N1CCC(=O)NC1=O. The molecule has 0 radical (unpaired) electrons. The molecule has 0 atom stereocenters. The number of hydrogen-bond donors (Lipinski definition) is 1. The van der Waals surface area contributed by atoms with Crippen LogP contribution in [0.2, 0.25) is 5.02 Å². The molecule has 1 fully saturated rings. The molecule has 84 valence electrons. The van der Waals surface area contributed by atoms with E-state index in [1.807, 2.05) is 13.0 Å². The average molecular weight is 239 g/mol. The Morgan fingerprint density at radius 3 is 2.81 bits per heavy atom. The molecule has 2 rings (SSSR count). The van der Waals surface area contributed by atoms with E-state index in [1.165, 1.54) is 4.90 Å². The lowest BCUT2D eigenvalue weighted by atomic mass is 10.1. The maximum Gasteiger partial charge on any atom is 0.328 e. The van der Waals surface area contributed by atoms with Gasteiger partial charge in [0.25, 0.3) is 0 Å². The maximum atomic E-state index is 11.6. The van der Waals surface area contributed by atoms with Gasteiger partial charge in [-0.25, -0.2) is 4.79 Å². The lowest BCUT2D eigenvalue weighted by Gasteiger charge is -2.27. The summed E-state index contributed by atoms with van der Waals surface area (Å²) in [5.41, 5.74) is 1.70. The van der Waals surface area contributed by atoms with Crippen LogP contribution in [0.25, 0.3) is 0 Å². The largest absolute Gasteiger partial charge is 0.328 e. The van der Waals surface area contributed by atoms with Crippen LogP contribution in [0.5, 0.6) is 0 Å². The number of imide groups is 1. The molecule has 1 aliphatic rings. The van der Waals surface area contributed by atoms with Crippen LogP contribution in [0.15, 0.2) is 18.2 Å². The van der Waals surface area contributed by atoms with E-state index in [1.54, 1.807) is 12.1 Å². The molecule has 1 aromatic carbocycles. The predicted octanol–water partition coefficient (Wildman–Crippen LogP) is 2.09. The quantitative estimate of drug-likeness (QED) is 0.815. The van der Waals surface area contributed by atoms with Crippen LogP contribution in [-0.2, 0) is 4.79 Å². The standard InChI is InChI=1S/C11H11ClN2O2/c1-7-2-3-8(12)6-9(7)14-5-4-10(15)13-11(14)16/h2-3,6H,4-5H2,1H3,(H,13,15,16). The Hall–Kier alpha value is -1.55. The van der Waals surface area contributed by atoms with E-state index < -0.39 is 0 Å². The van der Waals surface area contributed by atoms with Crippen LogP contribution >= 0.6 is 11.6 Å². The Morgan fingerprint density at radius 2 is 2.12 bits per heavy atom. The van der Waals surface area contributed by atoms with E-state index in [4.69, 9.17) is 11.6 Å². The molecule has 0 saturated carbocycles. The molecule has 1 aliphatic heterocycles. The number of carbonyl (C=O) groups excluding carboxylic acids is 2. The molecule has 0 aromatic heterocycles. The lowest BCUT2D eigenvalue weighted by molar-refractivity contribution is -0.120. The van der Waals surface area contributed by atoms with Gasteiger partial charge in [-0.3, -0.25) is 15.0 Å². The molecule has 0 unspecified atom stereocenters. The molecular weight excluding hydrogens is 228 g/mol. The van der Waals surface area contributed by atoms with E-state index in [9.17, 15) is 9.59 Å². The number of nitrogens with zero attached hydrogens (tertiary/aromatic N) is 1. The van der Waals surface area contributed by atoms with E-state index in [2.05, 4.69) is 5.32 Å². The Labute approximate surface area is 98.2 Å². The summed E-state index contributed by atoms with van der Waals surface area (Å²) < 4.78 is 0. The van der Waals surface area contributed by atoms with Crippen molar-refractivity contribution in [2.75, 3.05) is 11.4 Å². The van der Waals surface area contributed by atoms with Crippen LogP contribution in [0, 0.1) is 6.92 Å². The monoisotopic (exact) mass is 238 g/mol. The molecular formula is C11H11ClN2O2. The number of rotatable bonds is 1. The van der Waals surface area contributed by atoms with Crippen LogP contribution in [-0.4, -0.2) is 18.5 Å². The van der Waals surface area contributed by atoms with Crippen molar-refractivity contribution in [3.63, 3.8) is 0 Å². The van der Waals surface area contributed by atoms with Crippen molar-refractivity contribution in [1.29, 1.82) is 0 Å². The topological polar surface area (TPSA) is 49.4 Å². The first-order valence-electron chi connectivity index (χ1n) is 4.95. The third kappa shape index (κ3) is 2.02. The van der Waals surface area contributed by atoms with E-state index in [-0.39, 0.29) is 11.9 Å². The lowest BCUT2D eigenvalue weighted by Crippen LogP contribution is -2.49. The van der Waals surface area contributed by atoms with Gasteiger partial charge in [0.2, 0.25) is 5.91 Å². The summed E-state index contributed by atoms with van der Waals surface area (Å²) in [5, 5.41) is 2.85. The number of carbonyl (C=O) groups is 2. The minimum Gasteiger partial charge on any atom is -0.293 e. The smallest absolute Gasteiger partial charge is 0.293 e. The summed E-state index contributed by atoms with van der Waals surface area (Å²) in [7, 11) is 0. The number of benzene rings is 1. The van der Waals surface area contributed by atoms with Crippen molar-refractivity contribution >= 4 is 29.2 Å². The minimum absolute atomic E-state index is 0.235. The zero-order chi connectivity index (χ0) is 11.7. The summed E-state index contributed by atoms with van der Waals surface area (Å²) in [5.74, 6) is -0.235. The zero-order valence-corrected chi connectivity index (χ0v) is 9.54. The molecule has 5 heteroatoms. The number of urea groups is 1. The van der Waals surface area contributed by atoms with Crippen molar-refractivity contribution in [3.05, 3.63) is 28.8 Å². The summed E-state index contributed by atoms with van der Waals surface area (Å²) in [6, 6.07) is 4.96. The van der Waals surface area contributed by atoms with E-state index in [0.29, 0.717) is 18.0 Å². The number of amides is 3. The Morgan fingerprint density at radius 1 is 1.38 bits per heavy atom. The Kier molecular flexibility index (Phi) is 2.83. The number of aryl methyl sites for hydroxylation is 1. The van der Waals surface area contributed by atoms with Crippen molar-refractivity contribution < 1.29 is 9.59 Å². The van der Waals surface area contributed by atoms with Crippen LogP contribution in [0.1, 0.15) is 12.0 Å². The highest BCUT2D eigenvalue weighted by Crippen LogP contribution is 2.25. The van der Waals surface area contributed by atoms with Gasteiger partial charge < -0.3 is 0 Å². The fourth-order valence-corrected chi connectivity index (χ4v) is 1.83. The second-order valence-corrected chi connectivity index (χ2v) is 4.12. The predicted molar refractivity (Wildman–Crippen MR) is 61.7 cm³/mol. The molecule has 1 aromatic rings. The van der Waals surface area contributed by atoms with Crippen molar-refractivity contribution in [2.24, 2.45) is 0 Å². The average Bonchev–Trinajstić information content (AvgIpc) is 2.22. The third-order valence-corrected chi connectivity index (χ3v) is 2.75. The number of halogens is 1. The van der Waals surface area contributed by atoms with Gasteiger partial charge in [-0.2, -0.15) is 0 Å². The molecule has 0 bridgehead atoms. The first kappa shape index (κ1) is 11.0. The zero-order valence-electron chi connectivity index (χ0n) is 8.79. The van der Waals surface area contributed by atoms with Crippen LogP contribution < -0.4 is 10.2 Å². The highest BCUT2D eigenvalue weighted by Gasteiger charge is 2.25. The van der Waals surface area contributed by atoms with Crippen LogP contribution in [0.3, 0.4) is 0 Å².